The van der Waals surface area contributed by atoms with Crippen LogP contribution in [0.5, 0.6) is 0 Å². The Morgan fingerprint density at radius 3 is 2.55 bits per heavy atom. The molecule has 0 aromatic rings. The Morgan fingerprint density at radius 2 is 2.00 bits per heavy atom. The third-order valence-electron chi connectivity index (χ3n) is 5.74. The number of hydrogen-bond acceptors (Lipinski definition) is 2. The maximum Gasteiger partial charge on any atom is 0.00445 e. The normalized spacial score (nSPS) is 31.9. The van der Waals surface area contributed by atoms with Crippen LogP contribution >= 0.6 is 0 Å². The summed E-state index contributed by atoms with van der Waals surface area (Å²) in [6.07, 6.45) is 8.74. The van der Waals surface area contributed by atoms with Gasteiger partial charge in [0.1, 0.15) is 0 Å². The third-order valence-corrected chi connectivity index (χ3v) is 5.74. The third kappa shape index (κ3) is 4.21. The predicted octanol–water partition coefficient (Wildman–Crippen LogP) is 3.77. The van der Waals surface area contributed by atoms with E-state index < -0.39 is 0 Å². The van der Waals surface area contributed by atoms with Crippen LogP contribution in [0.4, 0.5) is 0 Å². The molecule has 0 saturated heterocycles. The molecule has 2 heteroatoms. The van der Waals surface area contributed by atoms with Crippen LogP contribution in [0, 0.1) is 23.2 Å². The van der Waals surface area contributed by atoms with E-state index in [-0.39, 0.29) is 0 Å². The molecule has 0 aromatic carbocycles. The number of nitrogens with one attached hydrogen (secondary N) is 1. The van der Waals surface area contributed by atoms with E-state index in [0.29, 0.717) is 5.41 Å². The highest BCUT2D eigenvalue weighted by molar-refractivity contribution is 4.91. The lowest BCUT2D eigenvalue weighted by Crippen LogP contribution is -2.42. The van der Waals surface area contributed by atoms with Gasteiger partial charge in [-0.25, -0.2) is 0 Å². The number of hydrogen-bond donors (Lipinski definition) is 1. The minimum Gasteiger partial charge on any atom is -0.316 e. The molecule has 2 aliphatic rings. The van der Waals surface area contributed by atoms with Crippen molar-refractivity contribution in [2.75, 3.05) is 33.2 Å². The van der Waals surface area contributed by atoms with Gasteiger partial charge in [0.25, 0.3) is 0 Å². The Labute approximate surface area is 126 Å². The summed E-state index contributed by atoms with van der Waals surface area (Å²) in [7, 11) is 2.35. The van der Waals surface area contributed by atoms with Crippen molar-refractivity contribution < 1.29 is 0 Å². The maximum atomic E-state index is 3.57. The maximum absolute atomic E-state index is 3.57. The van der Waals surface area contributed by atoms with Crippen molar-refractivity contribution in [1.82, 2.24) is 10.2 Å². The summed E-state index contributed by atoms with van der Waals surface area (Å²) in [6, 6.07) is 0. The van der Waals surface area contributed by atoms with Crippen molar-refractivity contribution in [2.45, 2.75) is 59.3 Å². The Morgan fingerprint density at radius 1 is 1.20 bits per heavy atom. The lowest BCUT2D eigenvalue weighted by Gasteiger charge is -2.36. The van der Waals surface area contributed by atoms with Crippen LogP contribution in [-0.2, 0) is 0 Å². The highest BCUT2D eigenvalue weighted by Gasteiger charge is 2.40. The molecule has 2 fully saturated rings. The predicted molar refractivity (Wildman–Crippen MR) is 88.0 cm³/mol. The molecular weight excluding hydrogens is 244 g/mol. The first kappa shape index (κ1) is 16.3. The molecule has 0 radical (unpaired) electrons. The van der Waals surface area contributed by atoms with Gasteiger partial charge in [0.15, 0.2) is 0 Å². The van der Waals surface area contributed by atoms with Crippen LogP contribution in [0.15, 0.2) is 0 Å². The molecule has 2 aliphatic carbocycles. The van der Waals surface area contributed by atoms with Gasteiger partial charge < -0.3 is 10.2 Å². The summed E-state index contributed by atoms with van der Waals surface area (Å²) < 4.78 is 0. The second-order valence-corrected chi connectivity index (χ2v) is 7.97. The number of fused-ring (bicyclic) bond motifs is 2. The van der Waals surface area contributed by atoms with E-state index >= 15 is 0 Å². The SMILES string of the molecule is CCCC(C)(CNCC)CN(C)CC1CC2CCC1C2. The Hall–Kier alpha value is -0.0800. The summed E-state index contributed by atoms with van der Waals surface area (Å²) in [5.74, 6) is 3.15. The molecule has 0 spiro atoms. The zero-order chi connectivity index (χ0) is 14.6. The topological polar surface area (TPSA) is 15.3 Å². The zero-order valence-corrected chi connectivity index (χ0v) is 14.3. The number of rotatable bonds is 9. The van der Waals surface area contributed by atoms with Crippen LogP contribution in [0.3, 0.4) is 0 Å². The fraction of sp³-hybridized carbons (Fsp3) is 1.00. The van der Waals surface area contributed by atoms with Gasteiger partial charge in [-0.3, -0.25) is 0 Å². The molecular formula is C18H36N2. The molecule has 1 N–H and O–H groups in total. The Bertz CT molecular complexity index is 291. The fourth-order valence-electron chi connectivity index (χ4n) is 4.97. The first-order chi connectivity index (χ1) is 9.56. The standard InChI is InChI=1S/C18H36N2/c1-5-9-18(3,13-19-6-2)14-20(4)12-17-11-15-7-8-16(17)10-15/h15-17,19H,5-14H2,1-4H3. The quantitative estimate of drug-likeness (QED) is 0.691. The number of nitrogens with zero attached hydrogens (tertiary/aromatic N) is 1. The largest absolute Gasteiger partial charge is 0.316 e. The summed E-state index contributed by atoms with van der Waals surface area (Å²) in [6.45, 7) is 11.9. The average Bonchev–Trinajstić information content (AvgIpc) is 2.98. The first-order valence-corrected chi connectivity index (χ1v) is 8.95. The summed E-state index contributed by atoms with van der Waals surface area (Å²) in [5.41, 5.74) is 0.442. The van der Waals surface area contributed by atoms with Gasteiger partial charge in [0.2, 0.25) is 0 Å². The van der Waals surface area contributed by atoms with Gasteiger partial charge in [-0.15, -0.1) is 0 Å². The summed E-state index contributed by atoms with van der Waals surface area (Å²) >= 11 is 0. The minimum absolute atomic E-state index is 0.442. The van der Waals surface area contributed by atoms with Gasteiger partial charge in [0, 0.05) is 19.6 Å². The highest BCUT2D eigenvalue weighted by Crippen LogP contribution is 2.48. The molecule has 0 heterocycles. The minimum atomic E-state index is 0.442. The van der Waals surface area contributed by atoms with Crippen molar-refractivity contribution >= 4 is 0 Å². The molecule has 118 valence electrons. The van der Waals surface area contributed by atoms with Crippen LogP contribution < -0.4 is 5.32 Å². The molecule has 2 rings (SSSR count). The Balaban J connectivity index is 1.80. The van der Waals surface area contributed by atoms with Crippen LogP contribution in [-0.4, -0.2) is 38.1 Å². The molecule has 4 unspecified atom stereocenters. The van der Waals surface area contributed by atoms with Gasteiger partial charge in [0.05, 0.1) is 0 Å². The lowest BCUT2D eigenvalue weighted by atomic mass is 9.83. The molecule has 2 bridgehead atoms. The fourth-order valence-corrected chi connectivity index (χ4v) is 4.97. The Kier molecular flexibility index (Phi) is 5.92. The first-order valence-electron chi connectivity index (χ1n) is 8.95. The van der Waals surface area contributed by atoms with Crippen molar-refractivity contribution in [3.05, 3.63) is 0 Å². The van der Waals surface area contributed by atoms with E-state index in [4.69, 9.17) is 0 Å². The monoisotopic (exact) mass is 280 g/mol. The van der Waals surface area contributed by atoms with E-state index in [9.17, 15) is 0 Å². The molecule has 2 saturated carbocycles. The van der Waals surface area contributed by atoms with Crippen molar-refractivity contribution in [1.29, 1.82) is 0 Å². The van der Waals surface area contributed by atoms with Crippen molar-refractivity contribution in [2.24, 2.45) is 23.2 Å². The lowest BCUT2D eigenvalue weighted by molar-refractivity contribution is 0.141. The molecule has 0 amide bonds. The van der Waals surface area contributed by atoms with E-state index in [1.807, 2.05) is 0 Å². The van der Waals surface area contributed by atoms with Crippen molar-refractivity contribution in [3.63, 3.8) is 0 Å². The molecule has 0 aromatic heterocycles. The summed E-state index contributed by atoms with van der Waals surface area (Å²) in [5, 5.41) is 3.57. The van der Waals surface area contributed by atoms with E-state index in [2.05, 4.69) is 38.0 Å². The van der Waals surface area contributed by atoms with E-state index in [0.717, 1.165) is 24.3 Å². The molecule has 2 nitrogen and oxygen atoms in total. The van der Waals surface area contributed by atoms with Crippen LogP contribution in [0.25, 0.3) is 0 Å². The van der Waals surface area contributed by atoms with Crippen LogP contribution in [0.2, 0.25) is 0 Å². The van der Waals surface area contributed by atoms with Crippen molar-refractivity contribution in [3.8, 4) is 0 Å². The van der Waals surface area contributed by atoms with E-state index in [1.165, 1.54) is 51.7 Å². The van der Waals surface area contributed by atoms with E-state index in [1.54, 1.807) is 6.42 Å². The second kappa shape index (κ2) is 7.26. The van der Waals surface area contributed by atoms with Gasteiger partial charge >= 0.3 is 0 Å². The zero-order valence-electron chi connectivity index (χ0n) is 14.3. The summed E-state index contributed by atoms with van der Waals surface area (Å²) in [4.78, 5) is 2.64. The molecule has 4 atom stereocenters. The van der Waals surface area contributed by atoms with Gasteiger partial charge in [-0.2, -0.15) is 0 Å². The second-order valence-electron chi connectivity index (χ2n) is 7.97. The highest BCUT2D eigenvalue weighted by atomic mass is 15.1. The molecule has 20 heavy (non-hydrogen) atoms. The average molecular weight is 280 g/mol. The smallest absolute Gasteiger partial charge is 0.00445 e. The van der Waals surface area contributed by atoms with Crippen LogP contribution in [0.1, 0.15) is 59.3 Å². The molecule has 0 aliphatic heterocycles. The van der Waals surface area contributed by atoms with Gasteiger partial charge in [-0.05, 0) is 62.4 Å². The van der Waals surface area contributed by atoms with Gasteiger partial charge in [-0.1, -0.05) is 33.6 Å².